The molecule has 6 nitrogen and oxygen atoms in total. The van der Waals surface area contributed by atoms with Crippen LogP contribution in [0.3, 0.4) is 0 Å². The Balaban J connectivity index is 1.64. The van der Waals surface area contributed by atoms with Gasteiger partial charge < -0.3 is 14.4 Å². The molecule has 0 fully saturated rings. The van der Waals surface area contributed by atoms with Crippen molar-refractivity contribution in [3.05, 3.63) is 95.1 Å². The second-order valence-corrected chi connectivity index (χ2v) is 6.99. The minimum atomic E-state index is -1.01. The number of allylic oxidation sites excluding steroid dienone is 1. The van der Waals surface area contributed by atoms with E-state index in [2.05, 4.69) is 4.98 Å². The molecule has 30 heavy (non-hydrogen) atoms. The summed E-state index contributed by atoms with van der Waals surface area (Å²) in [5.74, 6) is -1.02. The van der Waals surface area contributed by atoms with Crippen LogP contribution in [0, 0.1) is 6.92 Å². The van der Waals surface area contributed by atoms with Gasteiger partial charge >= 0.3 is 5.97 Å². The number of hydrogen-bond donors (Lipinski definition) is 1. The van der Waals surface area contributed by atoms with Crippen LogP contribution in [0.25, 0.3) is 6.08 Å². The molecule has 1 atom stereocenters. The highest BCUT2D eigenvalue weighted by Crippen LogP contribution is 2.13. The third-order valence-corrected chi connectivity index (χ3v) is 4.62. The maximum Gasteiger partial charge on any atom is 0.332 e. The number of aromatic nitrogens is 2. The van der Waals surface area contributed by atoms with Crippen LogP contribution in [0.2, 0.25) is 0 Å². The van der Waals surface area contributed by atoms with Gasteiger partial charge in [0.05, 0.1) is 23.7 Å². The van der Waals surface area contributed by atoms with Crippen molar-refractivity contribution in [1.29, 1.82) is 0 Å². The number of aryl methyl sites for hydroxylation is 1. The smallest absolute Gasteiger partial charge is 0.332 e. The second kappa shape index (κ2) is 9.80. The normalized spacial score (nSPS) is 12.2. The first-order valence-electron chi connectivity index (χ1n) is 9.67. The summed E-state index contributed by atoms with van der Waals surface area (Å²) in [6.07, 6.45) is 4.78. The van der Waals surface area contributed by atoms with Crippen molar-refractivity contribution in [2.24, 2.45) is 0 Å². The largest absolute Gasteiger partial charge is 0.479 e. The number of benzene rings is 1. The molecular weight excluding hydrogens is 380 g/mol. The van der Waals surface area contributed by atoms with Crippen molar-refractivity contribution in [2.75, 3.05) is 0 Å². The standard InChI is InChI=1S/C24H24N2O4/c1-17-10-12-19(13-11-17)23(27)22-9-5-15-26(22)14-4-8-20-6-3-7-21(25-20)16-30-18(2)24(28)29/h3-13,15,18H,14,16H2,1-2H3,(H,28,29)/t18-/m0/s1. The number of ketones is 1. The predicted molar refractivity (Wildman–Crippen MR) is 114 cm³/mol. The van der Waals surface area contributed by atoms with Gasteiger partial charge in [-0.15, -0.1) is 0 Å². The molecule has 0 aliphatic carbocycles. The molecule has 6 heteroatoms. The number of nitrogens with zero attached hydrogens (tertiary/aromatic N) is 2. The quantitative estimate of drug-likeness (QED) is 0.543. The van der Waals surface area contributed by atoms with Gasteiger partial charge in [0.15, 0.2) is 6.10 Å². The molecule has 0 aliphatic heterocycles. The van der Waals surface area contributed by atoms with Crippen LogP contribution < -0.4 is 0 Å². The van der Waals surface area contributed by atoms with Crippen LogP contribution in [0.5, 0.6) is 0 Å². The van der Waals surface area contributed by atoms with Gasteiger partial charge in [-0.3, -0.25) is 9.78 Å². The highest BCUT2D eigenvalue weighted by atomic mass is 16.5. The maximum absolute atomic E-state index is 12.8. The Morgan fingerprint density at radius 1 is 1.13 bits per heavy atom. The van der Waals surface area contributed by atoms with E-state index in [-0.39, 0.29) is 12.4 Å². The first-order chi connectivity index (χ1) is 14.4. The third kappa shape index (κ3) is 5.52. The van der Waals surface area contributed by atoms with E-state index in [1.165, 1.54) is 6.92 Å². The summed E-state index contributed by atoms with van der Waals surface area (Å²) in [5.41, 5.74) is 3.79. The van der Waals surface area contributed by atoms with E-state index in [1.54, 1.807) is 6.07 Å². The van der Waals surface area contributed by atoms with E-state index < -0.39 is 12.1 Å². The summed E-state index contributed by atoms with van der Waals surface area (Å²) in [7, 11) is 0. The van der Waals surface area contributed by atoms with Crippen molar-refractivity contribution < 1.29 is 19.4 Å². The van der Waals surface area contributed by atoms with Crippen LogP contribution in [0.4, 0.5) is 0 Å². The molecule has 2 aromatic heterocycles. The Labute approximate surface area is 175 Å². The lowest BCUT2D eigenvalue weighted by Crippen LogP contribution is -2.19. The maximum atomic E-state index is 12.8. The van der Waals surface area contributed by atoms with Crippen molar-refractivity contribution in [3.8, 4) is 0 Å². The Bertz CT molecular complexity index is 1050. The molecule has 0 saturated carbocycles. The number of aliphatic carboxylic acids is 1. The Morgan fingerprint density at radius 2 is 1.90 bits per heavy atom. The Kier molecular flexibility index (Phi) is 6.93. The molecule has 0 unspecified atom stereocenters. The number of hydrogen-bond acceptors (Lipinski definition) is 4. The van der Waals surface area contributed by atoms with E-state index in [0.29, 0.717) is 23.5 Å². The number of rotatable bonds is 9. The zero-order valence-corrected chi connectivity index (χ0v) is 17.0. The molecular formula is C24H24N2O4. The molecule has 0 amide bonds. The Hall–Kier alpha value is -3.51. The molecule has 0 bridgehead atoms. The van der Waals surface area contributed by atoms with Crippen LogP contribution in [-0.2, 0) is 22.7 Å². The van der Waals surface area contributed by atoms with Gasteiger partial charge in [-0.1, -0.05) is 42.0 Å². The summed E-state index contributed by atoms with van der Waals surface area (Å²) in [5, 5.41) is 8.88. The van der Waals surface area contributed by atoms with Crippen molar-refractivity contribution in [1.82, 2.24) is 9.55 Å². The summed E-state index contributed by atoms with van der Waals surface area (Å²) >= 11 is 0. The summed E-state index contributed by atoms with van der Waals surface area (Å²) in [4.78, 5) is 28.1. The minimum Gasteiger partial charge on any atom is -0.479 e. The summed E-state index contributed by atoms with van der Waals surface area (Å²) < 4.78 is 7.16. The topological polar surface area (TPSA) is 81.4 Å². The van der Waals surface area contributed by atoms with Crippen molar-refractivity contribution in [2.45, 2.75) is 33.1 Å². The summed E-state index contributed by atoms with van der Waals surface area (Å²) in [6.45, 7) is 4.13. The zero-order valence-electron chi connectivity index (χ0n) is 17.0. The molecule has 3 aromatic rings. The van der Waals surface area contributed by atoms with Gasteiger partial charge in [0.25, 0.3) is 0 Å². The van der Waals surface area contributed by atoms with E-state index >= 15 is 0 Å². The average Bonchev–Trinajstić information content (AvgIpc) is 3.21. The number of pyridine rings is 1. The molecule has 0 aliphatic rings. The molecule has 0 saturated heterocycles. The number of ether oxygens (including phenoxy) is 1. The number of carboxylic acids is 1. The van der Waals surface area contributed by atoms with Crippen LogP contribution in [0.1, 0.15) is 39.9 Å². The SMILES string of the molecule is Cc1ccc(C(=O)c2cccn2CC=Cc2cccc(CO[C@@H](C)C(=O)O)n2)cc1. The third-order valence-electron chi connectivity index (χ3n) is 4.62. The minimum absolute atomic E-state index is 0.0155. The monoisotopic (exact) mass is 404 g/mol. The molecule has 0 radical (unpaired) electrons. The number of carbonyl (C=O) groups is 2. The molecule has 1 aromatic carbocycles. The van der Waals surface area contributed by atoms with Crippen LogP contribution in [-0.4, -0.2) is 32.5 Å². The van der Waals surface area contributed by atoms with Gasteiger partial charge in [0, 0.05) is 18.3 Å². The molecule has 0 spiro atoms. The van der Waals surface area contributed by atoms with Crippen molar-refractivity contribution in [3.63, 3.8) is 0 Å². The molecule has 2 heterocycles. The zero-order chi connectivity index (χ0) is 21.5. The van der Waals surface area contributed by atoms with E-state index in [1.807, 2.05) is 78.4 Å². The lowest BCUT2D eigenvalue weighted by molar-refractivity contribution is -0.149. The predicted octanol–water partition coefficient (Wildman–Crippen LogP) is 4.13. The van der Waals surface area contributed by atoms with Gasteiger partial charge in [-0.25, -0.2) is 4.79 Å². The highest BCUT2D eigenvalue weighted by molar-refractivity contribution is 6.08. The van der Waals surface area contributed by atoms with Crippen LogP contribution in [0.15, 0.2) is 66.9 Å². The second-order valence-electron chi connectivity index (χ2n) is 6.99. The average molecular weight is 404 g/mol. The van der Waals surface area contributed by atoms with Crippen molar-refractivity contribution >= 4 is 17.8 Å². The van der Waals surface area contributed by atoms with Gasteiger partial charge in [0.2, 0.25) is 5.78 Å². The first kappa shape index (κ1) is 21.2. The van der Waals surface area contributed by atoms with E-state index in [0.717, 1.165) is 11.3 Å². The molecule has 3 rings (SSSR count). The molecule has 1 N–H and O–H groups in total. The van der Waals surface area contributed by atoms with Gasteiger partial charge in [-0.05, 0) is 44.2 Å². The lowest BCUT2D eigenvalue weighted by atomic mass is 10.1. The Morgan fingerprint density at radius 3 is 2.63 bits per heavy atom. The highest BCUT2D eigenvalue weighted by Gasteiger charge is 2.13. The van der Waals surface area contributed by atoms with E-state index in [9.17, 15) is 9.59 Å². The van der Waals surface area contributed by atoms with Crippen LogP contribution >= 0.6 is 0 Å². The first-order valence-corrected chi connectivity index (χ1v) is 9.67. The van der Waals surface area contributed by atoms with E-state index in [4.69, 9.17) is 9.84 Å². The number of carbonyl (C=O) groups excluding carboxylic acids is 1. The number of carboxylic acid groups (broad SMARTS) is 1. The van der Waals surface area contributed by atoms with Gasteiger partial charge in [0.1, 0.15) is 0 Å². The lowest BCUT2D eigenvalue weighted by Gasteiger charge is -2.08. The molecule has 154 valence electrons. The fraction of sp³-hybridized carbons (Fsp3) is 0.208. The fourth-order valence-electron chi connectivity index (χ4n) is 2.87. The summed E-state index contributed by atoms with van der Waals surface area (Å²) in [6, 6.07) is 16.7. The van der Waals surface area contributed by atoms with Gasteiger partial charge in [-0.2, -0.15) is 0 Å². The fourth-order valence-corrected chi connectivity index (χ4v) is 2.87.